The summed E-state index contributed by atoms with van der Waals surface area (Å²) in [6, 6.07) is 13.2. The molecular weight excluding hydrogens is 344 g/mol. The molecule has 1 aromatic carbocycles. The van der Waals surface area contributed by atoms with Gasteiger partial charge in [0.1, 0.15) is 6.10 Å². The van der Waals surface area contributed by atoms with Crippen LogP contribution in [0, 0.1) is 5.92 Å². The summed E-state index contributed by atoms with van der Waals surface area (Å²) in [5.41, 5.74) is 1.95. The smallest absolute Gasteiger partial charge is 0.224 e. The number of carbonyl (C=O) groups excluding carboxylic acids is 1. The van der Waals surface area contributed by atoms with Gasteiger partial charge in [0.2, 0.25) is 11.8 Å². The summed E-state index contributed by atoms with van der Waals surface area (Å²) in [6.07, 6.45) is 3.40. The summed E-state index contributed by atoms with van der Waals surface area (Å²) in [5.74, 6) is 0.752. The van der Waals surface area contributed by atoms with Gasteiger partial charge in [0.25, 0.3) is 0 Å². The quantitative estimate of drug-likeness (QED) is 0.783. The normalized spacial score (nSPS) is 25.0. The molecule has 2 aliphatic rings. The van der Waals surface area contributed by atoms with E-state index in [1.807, 2.05) is 24.3 Å². The molecule has 2 aromatic rings. The van der Waals surface area contributed by atoms with Crippen LogP contribution in [0.5, 0.6) is 5.88 Å². The Bertz CT molecular complexity index is 760. The number of ether oxygens (including phenoxy) is 2. The van der Waals surface area contributed by atoms with E-state index in [-0.39, 0.29) is 30.5 Å². The molecule has 1 saturated carbocycles. The highest BCUT2D eigenvalue weighted by Gasteiger charge is 2.44. The number of carbonyl (C=O) groups is 1. The first-order valence-corrected chi connectivity index (χ1v) is 9.41. The molecule has 2 fully saturated rings. The Hall–Kier alpha value is -2.44. The number of aliphatic hydroxyl groups excluding tert-OH is 1. The molecule has 4 rings (SSSR count). The van der Waals surface area contributed by atoms with Crippen molar-refractivity contribution < 1.29 is 19.4 Å². The lowest BCUT2D eigenvalue weighted by Gasteiger charge is -2.17. The predicted octanol–water partition coefficient (Wildman–Crippen LogP) is 2.20. The van der Waals surface area contributed by atoms with Gasteiger partial charge in [-0.3, -0.25) is 4.79 Å². The minimum atomic E-state index is -0.467. The average molecular weight is 368 g/mol. The number of rotatable bonds is 7. The standard InChI is InChI=1S/C21H24N2O4/c24-12-19(15-6-7-20(22-11-15)27-16-8-9-26-13-16)23-21(25)18-10-17(18)14-4-2-1-3-5-14/h1-7,11,16-19,24H,8-10,12-13H2,(H,23,25)/t16-,17?,18+,19+/m1/s1. The van der Waals surface area contributed by atoms with Gasteiger partial charge in [0.05, 0.1) is 25.9 Å². The van der Waals surface area contributed by atoms with Gasteiger partial charge in [-0.1, -0.05) is 30.3 Å². The van der Waals surface area contributed by atoms with Crippen molar-refractivity contribution in [3.8, 4) is 5.88 Å². The van der Waals surface area contributed by atoms with Crippen LogP contribution >= 0.6 is 0 Å². The van der Waals surface area contributed by atoms with Crippen LogP contribution < -0.4 is 10.1 Å². The third kappa shape index (κ3) is 4.28. The summed E-state index contributed by atoms with van der Waals surface area (Å²) in [4.78, 5) is 16.8. The fourth-order valence-electron chi connectivity index (χ4n) is 3.51. The van der Waals surface area contributed by atoms with Gasteiger partial charge >= 0.3 is 0 Å². The molecule has 0 bridgehead atoms. The fraction of sp³-hybridized carbons (Fsp3) is 0.429. The molecule has 2 heterocycles. The minimum Gasteiger partial charge on any atom is -0.472 e. The zero-order valence-corrected chi connectivity index (χ0v) is 15.1. The Kier molecular flexibility index (Phi) is 5.36. The molecule has 2 N–H and O–H groups in total. The Morgan fingerprint density at radius 1 is 1.30 bits per heavy atom. The molecule has 1 aliphatic carbocycles. The van der Waals surface area contributed by atoms with Gasteiger partial charge in [-0.2, -0.15) is 0 Å². The molecule has 6 nitrogen and oxygen atoms in total. The van der Waals surface area contributed by atoms with Crippen molar-refractivity contribution in [2.24, 2.45) is 5.92 Å². The van der Waals surface area contributed by atoms with Crippen molar-refractivity contribution in [3.05, 3.63) is 59.8 Å². The summed E-state index contributed by atoms with van der Waals surface area (Å²) in [7, 11) is 0. The minimum absolute atomic E-state index is 0.0219. The molecule has 1 aromatic heterocycles. The second kappa shape index (κ2) is 8.06. The highest BCUT2D eigenvalue weighted by molar-refractivity contribution is 5.83. The number of nitrogens with zero attached hydrogens (tertiary/aromatic N) is 1. The molecule has 1 aliphatic heterocycles. The number of benzene rings is 1. The number of hydrogen-bond acceptors (Lipinski definition) is 5. The molecule has 0 radical (unpaired) electrons. The maximum absolute atomic E-state index is 12.5. The first-order valence-electron chi connectivity index (χ1n) is 9.41. The molecule has 27 heavy (non-hydrogen) atoms. The Balaban J connectivity index is 1.34. The number of aromatic nitrogens is 1. The Morgan fingerprint density at radius 2 is 2.15 bits per heavy atom. The monoisotopic (exact) mass is 368 g/mol. The zero-order chi connectivity index (χ0) is 18.6. The largest absolute Gasteiger partial charge is 0.472 e. The van der Waals surface area contributed by atoms with Crippen LogP contribution in [0.15, 0.2) is 48.7 Å². The van der Waals surface area contributed by atoms with Crippen LogP contribution in [0.4, 0.5) is 0 Å². The Morgan fingerprint density at radius 3 is 2.81 bits per heavy atom. The Labute approximate surface area is 158 Å². The van der Waals surface area contributed by atoms with Gasteiger partial charge in [-0.25, -0.2) is 4.98 Å². The van der Waals surface area contributed by atoms with Crippen LogP contribution in [-0.2, 0) is 9.53 Å². The topological polar surface area (TPSA) is 80.7 Å². The highest BCUT2D eigenvalue weighted by atomic mass is 16.5. The molecule has 1 unspecified atom stereocenters. The van der Waals surface area contributed by atoms with Crippen molar-refractivity contribution >= 4 is 5.91 Å². The van der Waals surface area contributed by atoms with E-state index in [0.29, 0.717) is 19.1 Å². The molecule has 1 saturated heterocycles. The molecule has 6 heteroatoms. The third-order valence-electron chi connectivity index (χ3n) is 5.19. The van der Waals surface area contributed by atoms with E-state index < -0.39 is 6.04 Å². The fourth-order valence-corrected chi connectivity index (χ4v) is 3.51. The number of pyridine rings is 1. The molecule has 4 atom stereocenters. The van der Waals surface area contributed by atoms with Crippen molar-refractivity contribution in [1.82, 2.24) is 10.3 Å². The van der Waals surface area contributed by atoms with Crippen LogP contribution in [0.3, 0.4) is 0 Å². The van der Waals surface area contributed by atoms with Crippen molar-refractivity contribution in [2.75, 3.05) is 19.8 Å². The van der Waals surface area contributed by atoms with E-state index in [2.05, 4.69) is 22.4 Å². The van der Waals surface area contributed by atoms with E-state index in [0.717, 1.165) is 18.4 Å². The van der Waals surface area contributed by atoms with Gasteiger partial charge < -0.3 is 19.9 Å². The van der Waals surface area contributed by atoms with Crippen LogP contribution in [0.25, 0.3) is 0 Å². The first kappa shape index (κ1) is 17.9. The summed E-state index contributed by atoms with van der Waals surface area (Å²) in [5, 5.41) is 12.7. The van der Waals surface area contributed by atoms with E-state index >= 15 is 0 Å². The number of hydrogen-bond donors (Lipinski definition) is 2. The lowest BCUT2D eigenvalue weighted by molar-refractivity contribution is -0.123. The van der Waals surface area contributed by atoms with Gasteiger partial charge in [-0.05, 0) is 29.5 Å². The van der Waals surface area contributed by atoms with E-state index in [1.165, 1.54) is 5.56 Å². The number of aliphatic hydroxyl groups is 1. The highest BCUT2D eigenvalue weighted by Crippen LogP contribution is 2.47. The SMILES string of the molecule is O=C(N[C@@H](CO)c1ccc(O[C@@H]2CCOC2)nc1)[C@H]1CC1c1ccccc1. The summed E-state index contributed by atoms with van der Waals surface area (Å²) in [6.45, 7) is 1.13. The summed E-state index contributed by atoms with van der Waals surface area (Å²) < 4.78 is 11.0. The molecule has 1 amide bonds. The first-order chi connectivity index (χ1) is 13.2. The van der Waals surface area contributed by atoms with E-state index in [1.54, 1.807) is 12.3 Å². The number of amides is 1. The zero-order valence-electron chi connectivity index (χ0n) is 15.1. The molecular formula is C21H24N2O4. The second-order valence-corrected chi connectivity index (χ2v) is 7.14. The molecule has 142 valence electrons. The van der Waals surface area contributed by atoms with Gasteiger partial charge in [0.15, 0.2) is 0 Å². The summed E-state index contributed by atoms with van der Waals surface area (Å²) >= 11 is 0. The van der Waals surface area contributed by atoms with Gasteiger partial charge in [0, 0.05) is 24.6 Å². The lowest BCUT2D eigenvalue weighted by atomic mass is 10.1. The van der Waals surface area contributed by atoms with E-state index in [9.17, 15) is 9.90 Å². The van der Waals surface area contributed by atoms with Crippen molar-refractivity contribution in [1.29, 1.82) is 0 Å². The van der Waals surface area contributed by atoms with Crippen LogP contribution in [-0.4, -0.2) is 41.9 Å². The van der Waals surface area contributed by atoms with Gasteiger partial charge in [-0.15, -0.1) is 0 Å². The maximum atomic E-state index is 12.5. The van der Waals surface area contributed by atoms with E-state index in [4.69, 9.17) is 9.47 Å². The van der Waals surface area contributed by atoms with Crippen LogP contribution in [0.1, 0.15) is 35.9 Å². The lowest BCUT2D eigenvalue weighted by Crippen LogP contribution is -2.32. The molecule has 0 spiro atoms. The number of nitrogens with one attached hydrogen (secondary N) is 1. The van der Waals surface area contributed by atoms with Crippen LogP contribution in [0.2, 0.25) is 0 Å². The van der Waals surface area contributed by atoms with Crippen molar-refractivity contribution in [3.63, 3.8) is 0 Å². The third-order valence-corrected chi connectivity index (χ3v) is 5.19. The second-order valence-electron chi connectivity index (χ2n) is 7.14. The predicted molar refractivity (Wildman–Crippen MR) is 99.3 cm³/mol. The average Bonchev–Trinajstić information content (AvgIpc) is 3.36. The maximum Gasteiger partial charge on any atom is 0.224 e. The van der Waals surface area contributed by atoms with Crippen molar-refractivity contribution in [2.45, 2.75) is 30.9 Å².